The van der Waals surface area contributed by atoms with Crippen molar-refractivity contribution in [2.75, 3.05) is 11.5 Å². The minimum absolute atomic E-state index is 0.0602. The van der Waals surface area contributed by atoms with Gasteiger partial charge in [0.05, 0.1) is 11.4 Å². The molecule has 0 aromatic heterocycles. The highest BCUT2D eigenvalue weighted by Crippen LogP contribution is 2.22. The Hall–Kier alpha value is -2.96. The maximum absolute atomic E-state index is 13.1. The topological polar surface area (TPSA) is 89.3 Å². The van der Waals surface area contributed by atoms with E-state index in [1.165, 1.54) is 24.3 Å². The highest BCUT2D eigenvalue weighted by Gasteiger charge is 2.06. The molecular formula is C16H15F3N2O2. The first-order valence-corrected chi connectivity index (χ1v) is 6.38. The number of rotatable bonds is 2. The van der Waals surface area contributed by atoms with Crippen LogP contribution in [0.15, 0.2) is 36.4 Å². The number of nitrogen functional groups attached to an aromatic ring is 2. The van der Waals surface area contributed by atoms with E-state index in [-0.39, 0.29) is 11.4 Å². The molecule has 0 aliphatic rings. The third-order valence-electron chi connectivity index (χ3n) is 2.72. The van der Waals surface area contributed by atoms with Crippen molar-refractivity contribution in [3.8, 4) is 0 Å². The van der Waals surface area contributed by atoms with Crippen LogP contribution in [0.1, 0.15) is 11.1 Å². The zero-order valence-corrected chi connectivity index (χ0v) is 12.2. The second kappa shape index (κ2) is 7.88. The van der Waals surface area contributed by atoms with Gasteiger partial charge in [0.2, 0.25) is 0 Å². The van der Waals surface area contributed by atoms with Crippen LogP contribution in [-0.2, 0) is 4.79 Å². The van der Waals surface area contributed by atoms with E-state index < -0.39 is 23.4 Å². The zero-order valence-electron chi connectivity index (χ0n) is 12.2. The molecule has 0 saturated carbocycles. The molecule has 0 heterocycles. The lowest BCUT2D eigenvalue weighted by Gasteiger charge is -2.03. The van der Waals surface area contributed by atoms with Gasteiger partial charge in [-0.3, -0.25) is 0 Å². The fraction of sp³-hybridized carbons (Fsp3) is 0.0625. The van der Waals surface area contributed by atoms with E-state index in [0.717, 1.165) is 23.8 Å². The Balaban J connectivity index is 0.000000253. The number of hydrogen-bond donors (Lipinski definition) is 3. The van der Waals surface area contributed by atoms with Gasteiger partial charge in [-0.1, -0.05) is 12.1 Å². The average molecular weight is 324 g/mol. The third kappa shape index (κ3) is 5.39. The van der Waals surface area contributed by atoms with Crippen LogP contribution in [0.25, 0.3) is 6.08 Å². The molecule has 0 unspecified atom stereocenters. The molecule has 0 spiro atoms. The van der Waals surface area contributed by atoms with Crippen molar-refractivity contribution < 1.29 is 23.1 Å². The standard InChI is InChI=1S/C9H9FN2O2.C7H6F2/c10-8-6(11)3-1-5(9(8)12)2-4-7(13)14;1-5-2-3-6(8)7(9)4-5/h1-4H,11-12H2,(H,13,14);2-4H,1H3. The Morgan fingerprint density at radius 3 is 2.26 bits per heavy atom. The summed E-state index contributed by atoms with van der Waals surface area (Å²) in [6.45, 7) is 1.71. The van der Waals surface area contributed by atoms with Crippen LogP contribution in [-0.4, -0.2) is 11.1 Å². The van der Waals surface area contributed by atoms with Crippen molar-refractivity contribution in [2.24, 2.45) is 0 Å². The molecule has 122 valence electrons. The van der Waals surface area contributed by atoms with Crippen molar-refractivity contribution in [2.45, 2.75) is 6.92 Å². The molecule has 0 aliphatic carbocycles. The Kier molecular flexibility index (Phi) is 6.20. The summed E-state index contributed by atoms with van der Waals surface area (Å²) < 4.78 is 37.4. The lowest BCUT2D eigenvalue weighted by Crippen LogP contribution is -1.99. The summed E-state index contributed by atoms with van der Waals surface area (Å²) >= 11 is 0. The van der Waals surface area contributed by atoms with Gasteiger partial charge in [0.15, 0.2) is 17.5 Å². The molecule has 0 saturated heterocycles. The van der Waals surface area contributed by atoms with Crippen molar-refractivity contribution >= 4 is 23.4 Å². The van der Waals surface area contributed by atoms with E-state index in [9.17, 15) is 18.0 Å². The first-order valence-electron chi connectivity index (χ1n) is 6.38. The molecule has 0 aliphatic heterocycles. The van der Waals surface area contributed by atoms with Gasteiger partial charge < -0.3 is 16.6 Å². The minimum atomic E-state index is -1.12. The first kappa shape index (κ1) is 18.1. The Labute approximate surface area is 130 Å². The van der Waals surface area contributed by atoms with Gasteiger partial charge in [-0.05, 0) is 36.8 Å². The molecule has 0 fully saturated rings. The van der Waals surface area contributed by atoms with E-state index in [1.807, 2.05) is 0 Å². The number of carbonyl (C=O) groups is 1. The normalized spacial score (nSPS) is 10.3. The van der Waals surface area contributed by atoms with Gasteiger partial charge in [-0.15, -0.1) is 0 Å². The molecule has 4 nitrogen and oxygen atoms in total. The van der Waals surface area contributed by atoms with Gasteiger partial charge in [0.25, 0.3) is 0 Å². The summed E-state index contributed by atoms with van der Waals surface area (Å²) in [5, 5.41) is 8.34. The molecular weight excluding hydrogens is 309 g/mol. The van der Waals surface area contributed by atoms with Gasteiger partial charge in [-0.2, -0.15) is 0 Å². The highest BCUT2D eigenvalue weighted by molar-refractivity contribution is 5.87. The third-order valence-corrected chi connectivity index (χ3v) is 2.72. The van der Waals surface area contributed by atoms with Crippen molar-refractivity contribution in [3.05, 3.63) is 65.0 Å². The molecule has 0 bridgehead atoms. The van der Waals surface area contributed by atoms with Crippen LogP contribution in [0.4, 0.5) is 24.5 Å². The number of carboxylic acid groups (broad SMARTS) is 1. The minimum Gasteiger partial charge on any atom is -0.478 e. The van der Waals surface area contributed by atoms with Crippen LogP contribution >= 0.6 is 0 Å². The van der Waals surface area contributed by atoms with Crippen LogP contribution in [0.3, 0.4) is 0 Å². The summed E-state index contributed by atoms with van der Waals surface area (Å²) in [4.78, 5) is 10.2. The fourth-order valence-corrected chi connectivity index (χ4v) is 1.53. The van der Waals surface area contributed by atoms with E-state index >= 15 is 0 Å². The Bertz CT molecular complexity index is 746. The van der Waals surface area contributed by atoms with Crippen LogP contribution in [0.5, 0.6) is 0 Å². The fourth-order valence-electron chi connectivity index (χ4n) is 1.53. The lowest BCUT2D eigenvalue weighted by molar-refractivity contribution is -0.131. The number of anilines is 2. The van der Waals surface area contributed by atoms with E-state index in [4.69, 9.17) is 16.6 Å². The van der Waals surface area contributed by atoms with Crippen molar-refractivity contribution in [3.63, 3.8) is 0 Å². The maximum atomic E-state index is 13.1. The number of carboxylic acids is 1. The number of benzene rings is 2. The number of hydrogen-bond acceptors (Lipinski definition) is 3. The molecule has 7 heteroatoms. The first-order chi connectivity index (χ1) is 10.7. The quantitative estimate of drug-likeness (QED) is 0.584. The second-order valence-electron chi connectivity index (χ2n) is 4.56. The summed E-state index contributed by atoms with van der Waals surface area (Å²) in [7, 11) is 0. The lowest BCUT2D eigenvalue weighted by atomic mass is 10.1. The zero-order chi connectivity index (χ0) is 17.6. The summed E-state index contributed by atoms with van der Waals surface area (Å²) in [5.74, 6) is -3.42. The molecule has 0 amide bonds. The van der Waals surface area contributed by atoms with E-state index in [2.05, 4.69) is 0 Å². The predicted molar refractivity (Wildman–Crippen MR) is 83.0 cm³/mol. The van der Waals surface area contributed by atoms with E-state index in [0.29, 0.717) is 5.56 Å². The number of nitrogens with two attached hydrogens (primary N) is 2. The molecule has 5 N–H and O–H groups in total. The van der Waals surface area contributed by atoms with Crippen LogP contribution < -0.4 is 11.5 Å². The number of halogens is 3. The van der Waals surface area contributed by atoms with Gasteiger partial charge >= 0.3 is 5.97 Å². The van der Waals surface area contributed by atoms with E-state index in [1.54, 1.807) is 6.92 Å². The Morgan fingerprint density at radius 2 is 1.74 bits per heavy atom. The Morgan fingerprint density at radius 1 is 1.09 bits per heavy atom. The largest absolute Gasteiger partial charge is 0.478 e. The predicted octanol–water partition coefficient (Wildman–Crippen LogP) is 3.36. The van der Waals surface area contributed by atoms with Crippen LogP contribution in [0, 0.1) is 24.4 Å². The van der Waals surface area contributed by atoms with Crippen molar-refractivity contribution in [1.82, 2.24) is 0 Å². The number of aryl methyl sites for hydroxylation is 1. The average Bonchev–Trinajstić information content (AvgIpc) is 2.49. The van der Waals surface area contributed by atoms with Crippen molar-refractivity contribution in [1.29, 1.82) is 0 Å². The molecule has 2 rings (SSSR count). The molecule has 23 heavy (non-hydrogen) atoms. The molecule has 0 radical (unpaired) electrons. The van der Waals surface area contributed by atoms with Gasteiger partial charge in [0.1, 0.15) is 0 Å². The molecule has 2 aromatic carbocycles. The summed E-state index contributed by atoms with van der Waals surface area (Å²) in [6.07, 6.45) is 2.08. The summed E-state index contributed by atoms with van der Waals surface area (Å²) in [5.41, 5.74) is 11.4. The SMILES string of the molecule is Cc1ccc(F)c(F)c1.Nc1ccc(C=CC(=O)O)c(N)c1F. The highest BCUT2D eigenvalue weighted by atomic mass is 19.2. The number of aliphatic carboxylic acids is 1. The molecule has 0 atom stereocenters. The monoisotopic (exact) mass is 324 g/mol. The molecule has 2 aromatic rings. The van der Waals surface area contributed by atoms with Crippen LogP contribution in [0.2, 0.25) is 0 Å². The van der Waals surface area contributed by atoms with Gasteiger partial charge in [-0.25, -0.2) is 18.0 Å². The van der Waals surface area contributed by atoms with Gasteiger partial charge in [0, 0.05) is 11.6 Å². The smallest absolute Gasteiger partial charge is 0.328 e. The second-order valence-corrected chi connectivity index (χ2v) is 4.56. The maximum Gasteiger partial charge on any atom is 0.328 e. The summed E-state index contributed by atoms with van der Waals surface area (Å²) in [6, 6.07) is 6.58.